The summed E-state index contributed by atoms with van der Waals surface area (Å²) in [6, 6.07) is 15.9. The molecule has 5 nitrogen and oxygen atoms in total. The summed E-state index contributed by atoms with van der Waals surface area (Å²) in [7, 11) is 0. The normalized spacial score (nSPS) is 11.2. The van der Waals surface area contributed by atoms with Crippen LogP contribution in [0.2, 0.25) is 5.02 Å². The molecule has 0 aliphatic rings. The number of carbonyl (C=O) groups is 2. The van der Waals surface area contributed by atoms with E-state index in [4.69, 9.17) is 21.6 Å². The minimum atomic E-state index is -0.481. The van der Waals surface area contributed by atoms with E-state index in [1.54, 1.807) is 13.0 Å². The summed E-state index contributed by atoms with van der Waals surface area (Å²) in [5.74, 6) is -0.951. The third-order valence-electron chi connectivity index (χ3n) is 3.11. The summed E-state index contributed by atoms with van der Waals surface area (Å²) in [6.07, 6.45) is 0. The molecule has 0 aliphatic heterocycles. The topological polar surface area (TPSA) is 79.2 Å². The first-order chi connectivity index (χ1) is 12.0. The Kier molecular flexibility index (Phi) is 6.87. The van der Waals surface area contributed by atoms with E-state index in [0.29, 0.717) is 11.3 Å². The lowest BCUT2D eigenvalue weighted by molar-refractivity contribution is -0.146. The number of rotatable bonds is 6. The molecule has 0 saturated carbocycles. The largest absolute Gasteiger partial charge is 0.455 e. The van der Waals surface area contributed by atoms with Crippen LogP contribution in [0, 0.1) is 11.3 Å². The Balaban J connectivity index is 1.82. The van der Waals surface area contributed by atoms with E-state index in [1.165, 1.54) is 23.9 Å². The van der Waals surface area contributed by atoms with E-state index in [2.05, 4.69) is 5.32 Å². The predicted octanol–water partition coefficient (Wildman–Crippen LogP) is 3.87. The van der Waals surface area contributed by atoms with Crippen molar-refractivity contribution in [2.45, 2.75) is 17.1 Å². The van der Waals surface area contributed by atoms with E-state index in [1.807, 2.05) is 36.4 Å². The van der Waals surface area contributed by atoms with Crippen molar-refractivity contribution in [3.63, 3.8) is 0 Å². The Hall–Kier alpha value is -2.49. The van der Waals surface area contributed by atoms with E-state index >= 15 is 0 Å². The van der Waals surface area contributed by atoms with Gasteiger partial charge in [-0.3, -0.25) is 9.59 Å². The van der Waals surface area contributed by atoms with E-state index < -0.39 is 23.7 Å². The highest BCUT2D eigenvalue weighted by Gasteiger charge is 2.17. The van der Waals surface area contributed by atoms with Crippen LogP contribution in [0.15, 0.2) is 53.4 Å². The maximum Gasteiger partial charge on any atom is 0.319 e. The molecule has 1 N–H and O–H groups in total. The molecule has 0 radical (unpaired) electrons. The number of nitrogens with one attached hydrogen (secondary N) is 1. The second-order valence-electron chi connectivity index (χ2n) is 5.04. The first kappa shape index (κ1) is 18.8. The van der Waals surface area contributed by atoms with Crippen LogP contribution in [-0.4, -0.2) is 23.7 Å². The number of thioether (sulfide) groups is 1. The van der Waals surface area contributed by atoms with Gasteiger partial charge in [-0.15, -0.1) is 11.8 Å². The number of hydrogen-bond acceptors (Lipinski definition) is 5. The van der Waals surface area contributed by atoms with Crippen LogP contribution in [0.3, 0.4) is 0 Å². The first-order valence-corrected chi connectivity index (χ1v) is 8.63. The fraction of sp³-hybridized carbons (Fsp3) is 0.167. The molecular formula is C18H15ClN2O3S. The summed E-state index contributed by atoms with van der Waals surface area (Å²) < 4.78 is 5.03. The van der Waals surface area contributed by atoms with Crippen LogP contribution >= 0.6 is 23.4 Å². The van der Waals surface area contributed by atoms with Gasteiger partial charge in [-0.1, -0.05) is 29.8 Å². The van der Waals surface area contributed by atoms with Gasteiger partial charge >= 0.3 is 5.97 Å². The summed E-state index contributed by atoms with van der Waals surface area (Å²) in [5, 5.41) is 11.2. The van der Waals surface area contributed by atoms with Crippen molar-refractivity contribution in [2.24, 2.45) is 0 Å². The molecule has 1 atom stereocenters. The maximum absolute atomic E-state index is 12.0. The van der Waals surface area contributed by atoms with Crippen LogP contribution in [0.5, 0.6) is 0 Å². The lowest BCUT2D eigenvalue weighted by Crippen LogP contribution is -2.24. The molecule has 2 aromatic rings. The third kappa shape index (κ3) is 5.82. The molecule has 1 amide bonds. The zero-order valence-corrected chi connectivity index (χ0v) is 14.9. The van der Waals surface area contributed by atoms with Crippen molar-refractivity contribution >= 4 is 40.9 Å². The Labute approximate surface area is 154 Å². The number of esters is 1. The van der Waals surface area contributed by atoms with Gasteiger partial charge in [0.1, 0.15) is 11.3 Å². The standard InChI is InChI=1S/C18H15ClN2O3S/c1-12(25-15-5-3-2-4-6-15)18(23)24-11-17(22)21-14-8-7-13(10-20)16(19)9-14/h2-9,12H,11H2,1H3,(H,21,22)/t12-/m1/s1. The first-order valence-electron chi connectivity index (χ1n) is 7.37. The molecule has 0 fully saturated rings. The molecule has 25 heavy (non-hydrogen) atoms. The van der Waals surface area contributed by atoms with Gasteiger partial charge in [-0.05, 0) is 37.3 Å². The van der Waals surface area contributed by atoms with Crippen molar-refractivity contribution in [3.05, 3.63) is 59.1 Å². The van der Waals surface area contributed by atoms with Crippen LogP contribution in [0.4, 0.5) is 5.69 Å². The van der Waals surface area contributed by atoms with Crippen molar-refractivity contribution in [1.29, 1.82) is 5.26 Å². The second-order valence-corrected chi connectivity index (χ2v) is 6.86. The van der Waals surface area contributed by atoms with Gasteiger partial charge in [0.25, 0.3) is 5.91 Å². The molecule has 0 saturated heterocycles. The number of carbonyl (C=O) groups excluding carboxylic acids is 2. The maximum atomic E-state index is 12.0. The number of amides is 1. The number of benzene rings is 2. The molecular weight excluding hydrogens is 360 g/mol. The summed E-state index contributed by atoms with van der Waals surface area (Å²) >= 11 is 7.26. The van der Waals surface area contributed by atoms with Crippen LogP contribution < -0.4 is 5.32 Å². The SMILES string of the molecule is C[C@@H](Sc1ccccc1)C(=O)OCC(=O)Nc1ccc(C#N)c(Cl)c1. The lowest BCUT2D eigenvalue weighted by atomic mass is 10.2. The smallest absolute Gasteiger partial charge is 0.319 e. The Bertz CT molecular complexity index is 806. The molecule has 0 aromatic heterocycles. The van der Waals surface area contributed by atoms with Crippen LogP contribution in [0.25, 0.3) is 0 Å². The van der Waals surface area contributed by atoms with Gasteiger partial charge in [0.2, 0.25) is 0 Å². The monoisotopic (exact) mass is 374 g/mol. The number of hydrogen-bond donors (Lipinski definition) is 1. The minimum absolute atomic E-state index is 0.241. The highest BCUT2D eigenvalue weighted by atomic mass is 35.5. The summed E-state index contributed by atoms with van der Waals surface area (Å²) in [6.45, 7) is 1.33. The number of ether oxygens (including phenoxy) is 1. The molecule has 2 rings (SSSR count). The second kappa shape index (κ2) is 9.11. The van der Waals surface area contributed by atoms with Gasteiger partial charge in [0, 0.05) is 10.6 Å². The molecule has 0 heterocycles. The number of nitriles is 1. The Morgan fingerprint density at radius 3 is 2.64 bits per heavy atom. The molecule has 7 heteroatoms. The van der Waals surface area contributed by atoms with Crippen molar-refractivity contribution < 1.29 is 14.3 Å². The zero-order chi connectivity index (χ0) is 18.2. The van der Waals surface area contributed by atoms with Gasteiger partial charge in [0.15, 0.2) is 6.61 Å². The van der Waals surface area contributed by atoms with Crippen LogP contribution in [0.1, 0.15) is 12.5 Å². The summed E-state index contributed by atoms with van der Waals surface area (Å²) in [5.41, 5.74) is 0.745. The average molecular weight is 375 g/mol. The van der Waals surface area contributed by atoms with E-state index in [9.17, 15) is 9.59 Å². The van der Waals surface area contributed by atoms with E-state index in [0.717, 1.165) is 4.90 Å². The lowest BCUT2D eigenvalue weighted by Gasteiger charge is -2.11. The van der Waals surface area contributed by atoms with Gasteiger partial charge in [-0.2, -0.15) is 5.26 Å². The minimum Gasteiger partial charge on any atom is -0.455 e. The molecule has 2 aromatic carbocycles. The van der Waals surface area contributed by atoms with Gasteiger partial charge < -0.3 is 10.1 Å². The van der Waals surface area contributed by atoms with Gasteiger partial charge in [0.05, 0.1) is 10.6 Å². The average Bonchev–Trinajstić information content (AvgIpc) is 2.60. The third-order valence-corrected chi connectivity index (χ3v) is 4.51. The molecule has 0 spiro atoms. The van der Waals surface area contributed by atoms with E-state index in [-0.39, 0.29) is 5.02 Å². The van der Waals surface area contributed by atoms with Crippen LogP contribution in [-0.2, 0) is 14.3 Å². The van der Waals surface area contributed by atoms with Gasteiger partial charge in [-0.25, -0.2) is 0 Å². The molecule has 128 valence electrons. The Morgan fingerprint density at radius 1 is 1.28 bits per heavy atom. The highest BCUT2D eigenvalue weighted by Crippen LogP contribution is 2.23. The fourth-order valence-electron chi connectivity index (χ4n) is 1.89. The number of nitrogens with zero attached hydrogens (tertiary/aromatic N) is 1. The number of anilines is 1. The summed E-state index contributed by atoms with van der Waals surface area (Å²) in [4.78, 5) is 24.8. The Morgan fingerprint density at radius 2 is 2.00 bits per heavy atom. The fourth-order valence-corrected chi connectivity index (χ4v) is 3.00. The van der Waals surface area contributed by atoms with Crippen molar-refractivity contribution in [1.82, 2.24) is 0 Å². The molecule has 0 bridgehead atoms. The molecule has 0 unspecified atom stereocenters. The molecule has 0 aliphatic carbocycles. The quantitative estimate of drug-likeness (QED) is 0.613. The highest BCUT2D eigenvalue weighted by molar-refractivity contribution is 8.00. The van der Waals surface area contributed by atoms with Crippen molar-refractivity contribution in [3.8, 4) is 6.07 Å². The number of halogens is 1. The zero-order valence-electron chi connectivity index (χ0n) is 13.4. The van der Waals surface area contributed by atoms with Crippen molar-refractivity contribution in [2.75, 3.05) is 11.9 Å². The predicted molar refractivity (Wildman–Crippen MR) is 97.5 cm³/mol.